The Kier molecular flexibility index (Phi) is 1.27. The van der Waals surface area contributed by atoms with Crippen LogP contribution in [0, 0.1) is 11.3 Å². The minimum absolute atomic E-state index is 0.564. The van der Waals surface area contributed by atoms with Crippen molar-refractivity contribution in [2.75, 3.05) is 0 Å². The van der Waals surface area contributed by atoms with Crippen LogP contribution in [0.5, 0.6) is 5.75 Å². The second-order valence-electron chi connectivity index (χ2n) is 2.23. The highest BCUT2D eigenvalue weighted by atomic mass is 17.2. The average Bonchev–Trinajstić information content (AvgIpc) is 2.47. The maximum atomic E-state index is 8.56. The summed E-state index contributed by atoms with van der Waals surface area (Å²) in [5.74, 6) is 0.638. The largest absolute Gasteiger partial charge is 0.335 e. The third kappa shape index (κ3) is 0.846. The zero-order valence-electron chi connectivity index (χ0n) is 5.65. The van der Waals surface area contributed by atoms with Gasteiger partial charge in [0.15, 0.2) is 5.75 Å². The highest BCUT2D eigenvalue weighted by molar-refractivity contribution is 5.38. The number of nitriles is 1. The van der Waals surface area contributed by atoms with Crippen LogP contribution in [-0.4, -0.2) is 0 Å². The Hall–Kier alpha value is -1.53. The molecule has 0 N–H and O–H groups in total. The summed E-state index contributed by atoms with van der Waals surface area (Å²) >= 11 is 0. The van der Waals surface area contributed by atoms with E-state index in [0.717, 1.165) is 5.56 Å². The molecule has 3 heteroatoms. The number of fused-ring (bicyclic) bond motifs is 1. The van der Waals surface area contributed by atoms with Crippen molar-refractivity contribution in [1.29, 1.82) is 5.26 Å². The first kappa shape index (κ1) is 6.20. The molecule has 1 heterocycles. The summed E-state index contributed by atoms with van der Waals surface area (Å²) in [5, 5.41) is 8.56. The number of benzene rings is 1. The van der Waals surface area contributed by atoms with Crippen LogP contribution in [0.3, 0.4) is 0 Å². The van der Waals surface area contributed by atoms with E-state index < -0.39 is 6.10 Å². The summed E-state index contributed by atoms with van der Waals surface area (Å²) in [6.45, 7) is 0. The Bertz CT molecular complexity index is 316. The van der Waals surface area contributed by atoms with Crippen LogP contribution in [0.2, 0.25) is 0 Å². The molecule has 2 rings (SSSR count). The molecule has 1 aliphatic heterocycles. The molecule has 0 amide bonds. The zero-order valence-corrected chi connectivity index (χ0v) is 5.65. The van der Waals surface area contributed by atoms with Gasteiger partial charge in [-0.25, -0.2) is 0 Å². The van der Waals surface area contributed by atoms with Crippen molar-refractivity contribution in [2.24, 2.45) is 0 Å². The van der Waals surface area contributed by atoms with E-state index in [1.165, 1.54) is 0 Å². The van der Waals surface area contributed by atoms with Gasteiger partial charge in [-0.15, -0.1) is 0 Å². The summed E-state index contributed by atoms with van der Waals surface area (Å²) in [6.07, 6.45) is -0.564. The lowest BCUT2D eigenvalue weighted by atomic mass is 10.1. The van der Waals surface area contributed by atoms with Gasteiger partial charge < -0.3 is 4.89 Å². The molecule has 0 aliphatic carbocycles. The highest BCUT2D eigenvalue weighted by Crippen LogP contribution is 2.33. The van der Waals surface area contributed by atoms with E-state index >= 15 is 0 Å². The minimum Gasteiger partial charge on any atom is -0.335 e. The number of nitrogens with zero attached hydrogens (tertiary/aromatic N) is 1. The van der Waals surface area contributed by atoms with E-state index in [1.807, 2.05) is 24.3 Å². The number of rotatable bonds is 0. The van der Waals surface area contributed by atoms with Crippen LogP contribution in [0.15, 0.2) is 24.3 Å². The molecule has 1 aromatic rings. The minimum atomic E-state index is -0.564. The van der Waals surface area contributed by atoms with Gasteiger partial charge in [0.1, 0.15) is 6.07 Å². The first-order valence-corrected chi connectivity index (χ1v) is 3.23. The molecule has 3 nitrogen and oxygen atoms in total. The number of hydrogen-bond acceptors (Lipinski definition) is 3. The molecule has 0 saturated heterocycles. The fourth-order valence-corrected chi connectivity index (χ4v) is 1.02. The van der Waals surface area contributed by atoms with Crippen LogP contribution >= 0.6 is 0 Å². The molecule has 11 heavy (non-hydrogen) atoms. The molecule has 1 unspecified atom stereocenters. The Morgan fingerprint density at radius 2 is 2.18 bits per heavy atom. The molecule has 1 aromatic carbocycles. The molecular weight excluding hydrogens is 142 g/mol. The summed E-state index contributed by atoms with van der Waals surface area (Å²) in [7, 11) is 0. The van der Waals surface area contributed by atoms with E-state index in [2.05, 4.69) is 0 Å². The van der Waals surface area contributed by atoms with Gasteiger partial charge >= 0.3 is 0 Å². The molecule has 1 aliphatic rings. The fourth-order valence-electron chi connectivity index (χ4n) is 1.02. The monoisotopic (exact) mass is 147 g/mol. The molecule has 0 saturated carbocycles. The topological polar surface area (TPSA) is 42.2 Å². The van der Waals surface area contributed by atoms with Crippen molar-refractivity contribution >= 4 is 0 Å². The van der Waals surface area contributed by atoms with Gasteiger partial charge in [-0.1, -0.05) is 18.2 Å². The summed E-state index contributed by atoms with van der Waals surface area (Å²) in [5.41, 5.74) is 0.801. The van der Waals surface area contributed by atoms with Crippen molar-refractivity contribution in [3.05, 3.63) is 29.8 Å². The Morgan fingerprint density at radius 3 is 3.00 bits per heavy atom. The van der Waals surface area contributed by atoms with Crippen molar-refractivity contribution in [3.63, 3.8) is 0 Å². The molecule has 0 radical (unpaired) electrons. The second kappa shape index (κ2) is 2.26. The second-order valence-corrected chi connectivity index (χ2v) is 2.23. The van der Waals surface area contributed by atoms with Crippen molar-refractivity contribution in [1.82, 2.24) is 0 Å². The first-order chi connectivity index (χ1) is 5.42. The van der Waals surface area contributed by atoms with E-state index in [0.29, 0.717) is 5.75 Å². The van der Waals surface area contributed by atoms with Gasteiger partial charge in [0.2, 0.25) is 6.10 Å². The van der Waals surface area contributed by atoms with Gasteiger partial charge in [0, 0.05) is 5.56 Å². The van der Waals surface area contributed by atoms with Gasteiger partial charge in [-0.3, -0.25) is 0 Å². The van der Waals surface area contributed by atoms with E-state index in [9.17, 15) is 0 Å². The molecule has 1 atom stereocenters. The van der Waals surface area contributed by atoms with Crippen LogP contribution < -0.4 is 4.89 Å². The van der Waals surface area contributed by atoms with Crippen molar-refractivity contribution < 1.29 is 9.78 Å². The summed E-state index contributed by atoms with van der Waals surface area (Å²) in [6, 6.07) is 9.24. The van der Waals surface area contributed by atoms with Gasteiger partial charge in [0.25, 0.3) is 0 Å². The molecule has 54 valence electrons. The maximum Gasteiger partial charge on any atom is 0.219 e. The third-order valence-corrected chi connectivity index (χ3v) is 1.55. The normalized spacial score (nSPS) is 20.1. The number of para-hydroxylation sites is 1. The van der Waals surface area contributed by atoms with Gasteiger partial charge in [-0.2, -0.15) is 10.1 Å². The van der Waals surface area contributed by atoms with Crippen LogP contribution in [0.25, 0.3) is 0 Å². The molecular formula is C8H5NO2. The lowest BCUT2D eigenvalue weighted by Crippen LogP contribution is -1.91. The Labute approximate surface area is 63.7 Å². The molecule has 0 fully saturated rings. The standard InChI is InChI=1S/C8H5NO2/c9-5-8-6-3-1-2-4-7(6)10-11-8/h1-4,8H. The Morgan fingerprint density at radius 1 is 1.36 bits per heavy atom. The quantitative estimate of drug-likeness (QED) is 0.523. The summed E-state index contributed by atoms with van der Waals surface area (Å²) < 4.78 is 0. The lowest BCUT2D eigenvalue weighted by Gasteiger charge is -1.91. The third-order valence-electron chi connectivity index (χ3n) is 1.55. The predicted octanol–water partition coefficient (Wildman–Crippen LogP) is 1.58. The molecule has 0 aromatic heterocycles. The van der Waals surface area contributed by atoms with E-state index in [-0.39, 0.29) is 0 Å². The zero-order chi connectivity index (χ0) is 7.68. The summed E-state index contributed by atoms with van der Waals surface area (Å²) in [4.78, 5) is 9.49. The lowest BCUT2D eigenvalue weighted by molar-refractivity contribution is -0.208. The van der Waals surface area contributed by atoms with E-state index in [1.54, 1.807) is 6.07 Å². The van der Waals surface area contributed by atoms with Crippen LogP contribution in [0.1, 0.15) is 11.7 Å². The highest BCUT2D eigenvalue weighted by Gasteiger charge is 2.24. The first-order valence-electron chi connectivity index (χ1n) is 3.23. The van der Waals surface area contributed by atoms with E-state index in [4.69, 9.17) is 15.0 Å². The van der Waals surface area contributed by atoms with Crippen molar-refractivity contribution in [3.8, 4) is 11.8 Å². The van der Waals surface area contributed by atoms with Crippen LogP contribution in [0.4, 0.5) is 0 Å². The maximum absolute atomic E-state index is 8.56. The predicted molar refractivity (Wildman–Crippen MR) is 36.5 cm³/mol. The molecule has 0 spiro atoms. The van der Waals surface area contributed by atoms with Crippen LogP contribution in [-0.2, 0) is 4.89 Å². The van der Waals surface area contributed by atoms with Gasteiger partial charge in [-0.05, 0) is 6.07 Å². The number of hydrogen-bond donors (Lipinski definition) is 0. The molecule has 0 bridgehead atoms. The van der Waals surface area contributed by atoms with Crippen molar-refractivity contribution in [2.45, 2.75) is 6.10 Å². The smallest absolute Gasteiger partial charge is 0.219 e. The average molecular weight is 147 g/mol. The van der Waals surface area contributed by atoms with Gasteiger partial charge in [0.05, 0.1) is 0 Å². The fraction of sp³-hybridized carbons (Fsp3) is 0.125. The Balaban J connectivity index is 2.49. The SMILES string of the molecule is N#CC1OOc2ccccc21.